The Hall–Kier alpha value is -0.170. The quantitative estimate of drug-likeness (QED) is 0.660. The van der Waals surface area contributed by atoms with Gasteiger partial charge in [0.2, 0.25) is 0 Å². The van der Waals surface area contributed by atoms with Crippen molar-refractivity contribution < 1.29 is 0 Å². The summed E-state index contributed by atoms with van der Waals surface area (Å²) in [6.07, 6.45) is 2.96. The molecule has 0 spiro atoms. The van der Waals surface area contributed by atoms with Gasteiger partial charge in [0.25, 0.3) is 0 Å². The Bertz CT molecular complexity index is 316. The molecule has 1 rings (SSSR count). The number of hydrogen-bond donors (Lipinski definition) is 0. The summed E-state index contributed by atoms with van der Waals surface area (Å²) in [6.45, 7) is 2.07. The largest absolute Gasteiger partial charge is 0.122 e. The Morgan fingerprint density at radius 3 is 2.21 bits per heavy atom. The van der Waals surface area contributed by atoms with E-state index in [2.05, 4.69) is 6.92 Å². The predicted octanol–water partition coefficient (Wildman–Crippen LogP) is 5.03. The van der Waals surface area contributed by atoms with Crippen molar-refractivity contribution in [3.05, 3.63) is 39.4 Å². The van der Waals surface area contributed by atoms with Crippen LogP contribution in [0, 0.1) is 0 Å². The molecule has 0 aliphatic heterocycles. The summed E-state index contributed by atoms with van der Waals surface area (Å²) in [5, 5.41) is 1.29. The molecule has 0 saturated heterocycles. The monoisotopic (exact) mass is 248 g/mol. The van der Waals surface area contributed by atoms with Crippen LogP contribution in [0.2, 0.25) is 10.0 Å². The Morgan fingerprint density at radius 2 is 1.79 bits per heavy atom. The fourth-order valence-electron chi connectivity index (χ4n) is 1.13. The van der Waals surface area contributed by atoms with Gasteiger partial charge < -0.3 is 0 Å². The van der Waals surface area contributed by atoms with Crippen molar-refractivity contribution in [3.8, 4) is 0 Å². The number of halogens is 3. The molecule has 76 valence electrons. The first-order valence-electron chi connectivity index (χ1n) is 4.37. The zero-order valence-electron chi connectivity index (χ0n) is 7.86. The van der Waals surface area contributed by atoms with Crippen LogP contribution in [0.4, 0.5) is 0 Å². The maximum Gasteiger partial charge on any atom is 0.0436 e. The first-order chi connectivity index (χ1) is 6.65. The molecule has 0 bridgehead atoms. The fourth-order valence-corrected chi connectivity index (χ4v) is 1.94. The van der Waals surface area contributed by atoms with Gasteiger partial charge in [0.05, 0.1) is 0 Å². The minimum absolute atomic E-state index is 0.542. The third kappa shape index (κ3) is 3.53. The maximum atomic E-state index is 5.87. The number of alkyl halides is 1. The van der Waals surface area contributed by atoms with Crippen molar-refractivity contribution in [1.82, 2.24) is 0 Å². The van der Waals surface area contributed by atoms with E-state index in [4.69, 9.17) is 34.8 Å². The number of allylic oxidation sites excluding steroid dienone is 1. The maximum absolute atomic E-state index is 5.87. The molecule has 0 heterocycles. The SMILES string of the molecule is CC/C(=C/c1cc(Cl)cc(Cl)c1)CCl. The van der Waals surface area contributed by atoms with E-state index in [9.17, 15) is 0 Å². The number of rotatable bonds is 3. The molecule has 0 amide bonds. The molecule has 0 aliphatic carbocycles. The van der Waals surface area contributed by atoms with E-state index in [0.717, 1.165) is 12.0 Å². The lowest BCUT2D eigenvalue weighted by atomic mass is 10.1. The van der Waals surface area contributed by atoms with E-state index in [1.165, 1.54) is 5.57 Å². The molecule has 0 atom stereocenters. The van der Waals surface area contributed by atoms with Gasteiger partial charge >= 0.3 is 0 Å². The van der Waals surface area contributed by atoms with E-state index in [1.807, 2.05) is 18.2 Å². The molecule has 0 aliphatic rings. The molecule has 0 saturated carbocycles. The molecule has 0 N–H and O–H groups in total. The average Bonchev–Trinajstić information content (AvgIpc) is 2.12. The lowest BCUT2D eigenvalue weighted by Gasteiger charge is -2.01. The zero-order chi connectivity index (χ0) is 10.6. The Balaban J connectivity index is 3.01. The highest BCUT2D eigenvalue weighted by atomic mass is 35.5. The van der Waals surface area contributed by atoms with E-state index >= 15 is 0 Å². The molecular weight excluding hydrogens is 238 g/mol. The lowest BCUT2D eigenvalue weighted by Crippen LogP contribution is -1.82. The van der Waals surface area contributed by atoms with E-state index in [0.29, 0.717) is 15.9 Å². The topological polar surface area (TPSA) is 0 Å². The summed E-state index contributed by atoms with van der Waals surface area (Å²) in [4.78, 5) is 0. The van der Waals surface area contributed by atoms with Gasteiger partial charge in [0.1, 0.15) is 0 Å². The fraction of sp³-hybridized carbons (Fsp3) is 0.273. The van der Waals surface area contributed by atoms with Gasteiger partial charge in [-0.15, -0.1) is 11.6 Å². The first-order valence-corrected chi connectivity index (χ1v) is 5.66. The van der Waals surface area contributed by atoms with Gasteiger partial charge in [-0.1, -0.05) is 41.8 Å². The third-order valence-corrected chi connectivity index (χ3v) is 2.66. The van der Waals surface area contributed by atoms with Crippen molar-refractivity contribution in [1.29, 1.82) is 0 Å². The van der Waals surface area contributed by atoms with Crippen LogP contribution < -0.4 is 0 Å². The summed E-state index contributed by atoms with van der Waals surface area (Å²) in [5.74, 6) is 0.542. The lowest BCUT2D eigenvalue weighted by molar-refractivity contribution is 1.12. The molecule has 0 fully saturated rings. The number of hydrogen-bond acceptors (Lipinski definition) is 0. The minimum atomic E-state index is 0.542. The molecule has 0 unspecified atom stereocenters. The Morgan fingerprint density at radius 1 is 1.21 bits per heavy atom. The summed E-state index contributed by atoms with van der Waals surface area (Å²) in [5.41, 5.74) is 2.17. The second-order valence-corrected chi connectivity index (χ2v) is 4.13. The zero-order valence-corrected chi connectivity index (χ0v) is 10.1. The summed E-state index contributed by atoms with van der Waals surface area (Å²) in [6, 6.07) is 5.46. The van der Waals surface area contributed by atoms with Gasteiger partial charge in [-0.2, -0.15) is 0 Å². The summed E-state index contributed by atoms with van der Waals surface area (Å²) in [7, 11) is 0. The van der Waals surface area contributed by atoms with Gasteiger partial charge in [0.15, 0.2) is 0 Å². The van der Waals surface area contributed by atoms with Crippen LogP contribution in [0.25, 0.3) is 6.08 Å². The van der Waals surface area contributed by atoms with Gasteiger partial charge in [-0.05, 0) is 30.2 Å². The molecule has 3 heteroatoms. The highest BCUT2D eigenvalue weighted by molar-refractivity contribution is 6.34. The predicted molar refractivity (Wildman–Crippen MR) is 65.5 cm³/mol. The van der Waals surface area contributed by atoms with Crippen LogP contribution in [-0.2, 0) is 0 Å². The van der Waals surface area contributed by atoms with Crippen molar-refractivity contribution in [3.63, 3.8) is 0 Å². The summed E-state index contributed by atoms with van der Waals surface area (Å²) >= 11 is 17.5. The minimum Gasteiger partial charge on any atom is -0.122 e. The van der Waals surface area contributed by atoms with E-state index in [-0.39, 0.29) is 0 Å². The van der Waals surface area contributed by atoms with Crippen LogP contribution in [0.3, 0.4) is 0 Å². The second-order valence-electron chi connectivity index (χ2n) is 2.99. The third-order valence-electron chi connectivity index (χ3n) is 1.88. The van der Waals surface area contributed by atoms with Gasteiger partial charge in [0, 0.05) is 15.9 Å². The summed E-state index contributed by atoms with van der Waals surface area (Å²) < 4.78 is 0. The molecule has 1 aromatic rings. The smallest absolute Gasteiger partial charge is 0.0436 e. The normalized spacial score (nSPS) is 11.9. The van der Waals surface area contributed by atoms with Crippen LogP contribution >= 0.6 is 34.8 Å². The first kappa shape index (κ1) is 11.9. The molecule has 0 radical (unpaired) electrons. The second kappa shape index (κ2) is 5.65. The van der Waals surface area contributed by atoms with Crippen molar-refractivity contribution in [2.75, 3.05) is 5.88 Å². The Kier molecular flexibility index (Phi) is 4.80. The molecule has 0 nitrogen and oxygen atoms in total. The van der Waals surface area contributed by atoms with Crippen molar-refractivity contribution in [2.24, 2.45) is 0 Å². The van der Waals surface area contributed by atoms with Gasteiger partial charge in [-0.25, -0.2) is 0 Å². The molecular formula is C11H11Cl3. The van der Waals surface area contributed by atoms with Crippen molar-refractivity contribution in [2.45, 2.75) is 13.3 Å². The van der Waals surface area contributed by atoms with Crippen LogP contribution in [-0.4, -0.2) is 5.88 Å². The van der Waals surface area contributed by atoms with E-state index < -0.39 is 0 Å². The molecule has 0 aromatic heterocycles. The molecule has 14 heavy (non-hydrogen) atoms. The molecule has 1 aromatic carbocycles. The average molecular weight is 250 g/mol. The van der Waals surface area contributed by atoms with Gasteiger partial charge in [-0.3, -0.25) is 0 Å². The highest BCUT2D eigenvalue weighted by Gasteiger charge is 1.97. The van der Waals surface area contributed by atoms with E-state index in [1.54, 1.807) is 6.07 Å². The standard InChI is InChI=1S/C11H11Cl3/c1-2-8(7-12)3-9-4-10(13)6-11(14)5-9/h3-6H,2,7H2,1H3/b8-3-. The van der Waals surface area contributed by atoms with Crippen molar-refractivity contribution >= 4 is 40.9 Å². The van der Waals surface area contributed by atoms with Crippen LogP contribution in [0.15, 0.2) is 23.8 Å². The number of benzene rings is 1. The Labute approximate surface area is 99.5 Å². The van der Waals surface area contributed by atoms with Crippen LogP contribution in [0.5, 0.6) is 0 Å². The van der Waals surface area contributed by atoms with Crippen LogP contribution in [0.1, 0.15) is 18.9 Å². The highest BCUT2D eigenvalue weighted by Crippen LogP contribution is 2.21.